The number of aromatic amines is 1. The van der Waals surface area contributed by atoms with Gasteiger partial charge in [-0.2, -0.15) is 0 Å². The Hall–Kier alpha value is -4.32. The Morgan fingerprint density at radius 1 is 1.10 bits per heavy atom. The Labute approximate surface area is 280 Å². The molecule has 0 unspecified atom stereocenters. The lowest BCUT2D eigenvalue weighted by atomic mass is 9.82. The van der Waals surface area contributed by atoms with Crippen molar-refractivity contribution >= 4 is 54.1 Å². The predicted molar refractivity (Wildman–Crippen MR) is 185 cm³/mol. The largest absolute Gasteiger partial charge is 0.394 e. The number of carbonyl (C=O) groups is 3. The summed E-state index contributed by atoms with van der Waals surface area (Å²) in [5, 5.41) is 13.8. The number of rotatable bonds is 8. The van der Waals surface area contributed by atoms with Crippen molar-refractivity contribution in [3.05, 3.63) is 90.1 Å². The van der Waals surface area contributed by atoms with E-state index in [1.807, 2.05) is 67.7 Å². The van der Waals surface area contributed by atoms with Crippen molar-refractivity contribution in [2.45, 2.75) is 69.0 Å². The molecule has 3 amide bonds. The van der Waals surface area contributed by atoms with Gasteiger partial charge < -0.3 is 29.2 Å². The van der Waals surface area contributed by atoms with Gasteiger partial charge in [-0.3, -0.25) is 19.3 Å². The average Bonchev–Trinajstić information content (AvgIpc) is 3.82. The molecule has 7 rings (SSSR count). The van der Waals surface area contributed by atoms with Crippen molar-refractivity contribution in [2.24, 2.45) is 5.92 Å². The van der Waals surface area contributed by atoms with Gasteiger partial charge in [0, 0.05) is 52.0 Å². The summed E-state index contributed by atoms with van der Waals surface area (Å²) in [6.45, 7) is 5.48. The van der Waals surface area contributed by atoms with E-state index in [0.717, 1.165) is 22.9 Å². The molecule has 11 heteroatoms. The molecule has 3 aliphatic heterocycles. The van der Waals surface area contributed by atoms with E-state index in [-0.39, 0.29) is 43.2 Å². The van der Waals surface area contributed by atoms with Gasteiger partial charge in [-0.25, -0.2) is 0 Å². The van der Waals surface area contributed by atoms with Crippen LogP contribution < -0.4 is 10.2 Å². The molecule has 0 saturated carbocycles. The number of ether oxygens (including phenoxy) is 1. The number of H-pyrrole nitrogens is 1. The molecule has 2 fully saturated rings. The molecular weight excluding hydrogens is 628 g/mol. The molecule has 3 aliphatic rings. The molecule has 0 radical (unpaired) electrons. The van der Waals surface area contributed by atoms with Gasteiger partial charge >= 0.3 is 0 Å². The number of hydrogen-bond donors (Lipinski definition) is 3. The van der Waals surface area contributed by atoms with Gasteiger partial charge in [0.25, 0.3) is 5.91 Å². The van der Waals surface area contributed by atoms with E-state index in [0.29, 0.717) is 35.6 Å². The molecule has 5 atom stereocenters. The van der Waals surface area contributed by atoms with Crippen LogP contribution >= 0.6 is 0 Å². The minimum absolute atomic E-state index is 0.0807. The van der Waals surface area contributed by atoms with Crippen LogP contribution in [0.3, 0.4) is 0 Å². The minimum atomic E-state index is -3.52. The van der Waals surface area contributed by atoms with Gasteiger partial charge in [0.2, 0.25) is 20.2 Å². The number of hydrogen-bond acceptors (Lipinski definition) is 5. The van der Waals surface area contributed by atoms with Crippen molar-refractivity contribution in [1.29, 1.82) is 0 Å². The number of halogens is 1. The SMILES string of the molecule is C[C@@H]1[C@@H]([Si](C)(C)F)[C@H](CC(=O)N2CCC[C@H]2CO)O[C@@]12C(=O)N(c1ccccc1)c1ccc(NC(=O)Cc3c[nH]c4ccccc34)cc12. The summed E-state index contributed by atoms with van der Waals surface area (Å²) < 4.78 is 23.2. The van der Waals surface area contributed by atoms with Crippen LogP contribution in [-0.4, -0.2) is 66.4 Å². The van der Waals surface area contributed by atoms with Crippen LogP contribution in [0.25, 0.3) is 10.9 Å². The lowest BCUT2D eigenvalue weighted by molar-refractivity contribution is -0.149. The Kier molecular flexibility index (Phi) is 8.25. The molecule has 0 bridgehead atoms. The fourth-order valence-corrected chi connectivity index (χ4v) is 10.9. The monoisotopic (exact) mass is 668 g/mol. The number of aliphatic hydroxyl groups is 1. The highest BCUT2D eigenvalue weighted by atomic mass is 28.4. The maximum absolute atomic E-state index is 16.4. The summed E-state index contributed by atoms with van der Waals surface area (Å²) in [7, 11) is -3.52. The quantitative estimate of drug-likeness (QED) is 0.153. The highest BCUT2D eigenvalue weighted by molar-refractivity contribution is 6.72. The number of para-hydroxylation sites is 2. The second-order valence-electron chi connectivity index (χ2n) is 13.8. The Balaban J connectivity index is 1.26. The summed E-state index contributed by atoms with van der Waals surface area (Å²) in [6, 6.07) is 22.1. The van der Waals surface area contributed by atoms with Crippen LogP contribution in [0, 0.1) is 5.92 Å². The van der Waals surface area contributed by atoms with Crippen molar-refractivity contribution in [1.82, 2.24) is 9.88 Å². The molecule has 48 heavy (non-hydrogen) atoms. The normalized spacial score (nSPS) is 25.3. The summed E-state index contributed by atoms with van der Waals surface area (Å²) in [5.41, 5.74) is 1.85. The standard InChI is InChI=1S/C37H41FN4O5Si/c1-23-35(48(2,3)38)32(20-34(45)41-17-9-12-27(41)22-43)47-37(23)29-19-25(15-16-31(29)42(36(37)46)26-10-5-4-6-11-26)40-33(44)18-24-21-39-30-14-8-7-13-28(24)30/h4-8,10-11,13-16,19,21,23,27,32,35,39,43H,9,12,17-18,20,22H2,1-3H3,(H,40,44)/t23-,27+,32+,35-,37+/m1/s1. The summed E-state index contributed by atoms with van der Waals surface area (Å²) in [5.74, 6) is -1.37. The Morgan fingerprint density at radius 3 is 2.60 bits per heavy atom. The van der Waals surface area contributed by atoms with Crippen molar-refractivity contribution in [2.75, 3.05) is 23.4 Å². The van der Waals surface area contributed by atoms with E-state index in [9.17, 15) is 19.5 Å². The van der Waals surface area contributed by atoms with Crippen LogP contribution in [0.15, 0.2) is 79.0 Å². The number of carbonyl (C=O) groups excluding carboxylic acids is 3. The number of likely N-dealkylation sites (tertiary alicyclic amines) is 1. The van der Waals surface area contributed by atoms with Gasteiger partial charge in [-0.05, 0) is 67.9 Å². The number of aliphatic hydroxyl groups excluding tert-OH is 1. The zero-order valence-electron chi connectivity index (χ0n) is 27.4. The van der Waals surface area contributed by atoms with Crippen LogP contribution in [0.1, 0.15) is 37.3 Å². The number of fused-ring (bicyclic) bond motifs is 3. The van der Waals surface area contributed by atoms with Gasteiger partial charge in [-0.15, -0.1) is 0 Å². The molecule has 2 saturated heterocycles. The molecule has 250 valence electrons. The fraction of sp³-hybridized carbons (Fsp3) is 0.378. The molecule has 1 aromatic heterocycles. The number of benzene rings is 3. The van der Waals surface area contributed by atoms with Crippen LogP contribution in [0.4, 0.5) is 21.2 Å². The number of aromatic nitrogens is 1. The van der Waals surface area contributed by atoms with E-state index in [1.54, 1.807) is 41.1 Å². The number of anilines is 3. The Bertz CT molecular complexity index is 1880. The van der Waals surface area contributed by atoms with Crippen LogP contribution in [-0.2, 0) is 31.1 Å². The number of nitrogens with one attached hydrogen (secondary N) is 2. The fourth-order valence-electron chi connectivity index (χ4n) is 8.38. The van der Waals surface area contributed by atoms with Crippen molar-refractivity contribution < 1.29 is 28.3 Å². The smallest absolute Gasteiger partial charge is 0.268 e. The second-order valence-corrected chi connectivity index (χ2v) is 17.6. The van der Waals surface area contributed by atoms with E-state index >= 15 is 4.11 Å². The first-order chi connectivity index (χ1) is 23.0. The zero-order chi connectivity index (χ0) is 33.8. The lowest BCUT2D eigenvalue weighted by Crippen LogP contribution is -2.44. The number of nitrogens with zero attached hydrogens (tertiary/aromatic N) is 2. The summed E-state index contributed by atoms with van der Waals surface area (Å²) in [4.78, 5) is 48.3. The van der Waals surface area contributed by atoms with Crippen LogP contribution in [0.2, 0.25) is 18.6 Å². The first-order valence-electron chi connectivity index (χ1n) is 16.7. The third-order valence-corrected chi connectivity index (χ3v) is 12.9. The number of amides is 3. The van der Waals surface area contributed by atoms with Gasteiger partial charge in [0.1, 0.15) is 0 Å². The van der Waals surface area contributed by atoms with E-state index in [4.69, 9.17) is 4.74 Å². The third kappa shape index (κ3) is 5.34. The molecule has 3 aromatic carbocycles. The van der Waals surface area contributed by atoms with Gasteiger partial charge in [-0.1, -0.05) is 43.3 Å². The lowest BCUT2D eigenvalue weighted by Gasteiger charge is -2.31. The summed E-state index contributed by atoms with van der Waals surface area (Å²) >= 11 is 0. The maximum atomic E-state index is 16.4. The van der Waals surface area contributed by atoms with Gasteiger partial charge in [0.05, 0.1) is 37.3 Å². The first-order valence-corrected chi connectivity index (χ1v) is 19.6. The Morgan fingerprint density at radius 2 is 1.85 bits per heavy atom. The predicted octanol–water partition coefficient (Wildman–Crippen LogP) is 6.18. The molecule has 0 aliphatic carbocycles. The molecular formula is C37H41FN4O5Si. The zero-order valence-corrected chi connectivity index (χ0v) is 28.4. The molecule has 3 N–H and O–H groups in total. The molecule has 4 heterocycles. The van der Waals surface area contributed by atoms with E-state index in [2.05, 4.69) is 10.3 Å². The average molecular weight is 669 g/mol. The topological polar surface area (TPSA) is 115 Å². The minimum Gasteiger partial charge on any atom is -0.394 e. The van der Waals surface area contributed by atoms with E-state index in [1.165, 1.54) is 0 Å². The molecule has 1 spiro atoms. The first kappa shape index (κ1) is 32.2. The molecule has 4 aromatic rings. The maximum Gasteiger partial charge on any atom is 0.268 e. The van der Waals surface area contributed by atoms with Crippen LogP contribution in [0.5, 0.6) is 0 Å². The highest BCUT2D eigenvalue weighted by Gasteiger charge is 2.67. The van der Waals surface area contributed by atoms with E-state index < -0.39 is 31.6 Å². The van der Waals surface area contributed by atoms with Crippen molar-refractivity contribution in [3.63, 3.8) is 0 Å². The second kappa shape index (κ2) is 12.3. The summed E-state index contributed by atoms with van der Waals surface area (Å²) in [6.07, 6.45) is 2.57. The van der Waals surface area contributed by atoms with Gasteiger partial charge in [0.15, 0.2) is 5.60 Å². The molecule has 9 nitrogen and oxygen atoms in total. The third-order valence-electron chi connectivity index (χ3n) is 10.5. The van der Waals surface area contributed by atoms with Crippen molar-refractivity contribution in [3.8, 4) is 0 Å². The highest BCUT2D eigenvalue weighted by Crippen LogP contribution is 2.61.